The van der Waals surface area contributed by atoms with E-state index in [1.807, 2.05) is 0 Å². The Hall–Kier alpha value is -1.60. The lowest BCUT2D eigenvalue weighted by atomic mass is 9.80. The molecule has 1 aliphatic carbocycles. The second kappa shape index (κ2) is 9.45. The minimum atomic E-state index is -3.63. The summed E-state index contributed by atoms with van der Waals surface area (Å²) in [4.78, 5) is 5.41. The third-order valence-corrected chi connectivity index (χ3v) is 10.2. The first-order valence-corrected chi connectivity index (χ1v) is 14.4. The molecule has 1 saturated carbocycles. The van der Waals surface area contributed by atoms with E-state index in [-0.39, 0.29) is 10.3 Å². The van der Waals surface area contributed by atoms with E-state index in [1.54, 1.807) is 28.6 Å². The maximum absolute atomic E-state index is 13.5. The summed E-state index contributed by atoms with van der Waals surface area (Å²) in [5.41, 5.74) is 3.49. The fourth-order valence-corrected chi connectivity index (χ4v) is 7.69. The Labute approximate surface area is 209 Å². The quantitative estimate of drug-likeness (QED) is 0.572. The predicted octanol–water partition coefficient (Wildman–Crippen LogP) is 5.28. The highest BCUT2D eigenvalue weighted by Gasteiger charge is 2.34. The molecule has 0 aromatic heterocycles. The summed E-state index contributed by atoms with van der Waals surface area (Å²) in [5, 5.41) is 0.440. The van der Waals surface area contributed by atoms with Gasteiger partial charge in [0.25, 0.3) is 0 Å². The van der Waals surface area contributed by atoms with Crippen LogP contribution in [0.4, 0.5) is 5.69 Å². The van der Waals surface area contributed by atoms with Crippen LogP contribution in [0.1, 0.15) is 57.1 Å². The van der Waals surface area contributed by atoms with Crippen LogP contribution in [0.3, 0.4) is 0 Å². The van der Waals surface area contributed by atoms with Crippen LogP contribution in [-0.4, -0.2) is 56.4 Å². The number of anilines is 1. The van der Waals surface area contributed by atoms with Crippen LogP contribution in [0.15, 0.2) is 47.4 Å². The van der Waals surface area contributed by atoms with Crippen LogP contribution in [0.2, 0.25) is 5.02 Å². The van der Waals surface area contributed by atoms with Crippen LogP contribution in [0.25, 0.3) is 0 Å². The number of nitrogens with zero attached hydrogens (tertiary/aromatic N) is 3. The number of fused-ring (bicyclic) bond motifs is 1. The molecule has 0 radical (unpaired) electrons. The molecule has 2 heterocycles. The van der Waals surface area contributed by atoms with Gasteiger partial charge in [0.15, 0.2) is 0 Å². The van der Waals surface area contributed by atoms with Crippen LogP contribution >= 0.6 is 11.6 Å². The summed E-state index contributed by atoms with van der Waals surface area (Å²) >= 11 is 6.12. The minimum Gasteiger partial charge on any atom is -0.369 e. The molecule has 5 nitrogen and oxygen atoms in total. The molecule has 0 N–H and O–H groups in total. The highest BCUT2D eigenvalue weighted by atomic mass is 35.5. The number of rotatable bonds is 4. The van der Waals surface area contributed by atoms with Gasteiger partial charge in [-0.25, -0.2) is 8.42 Å². The Morgan fingerprint density at radius 2 is 1.68 bits per heavy atom. The fourth-order valence-electron chi connectivity index (χ4n) is 5.97. The zero-order valence-corrected chi connectivity index (χ0v) is 21.9. The standard InChI is InChI=1S/C27H36ClN3O2S/c1-27(2)12-13-31(34(32,33)25-9-5-6-22(28)19-25)20-21-18-24(10-11-26(21)27)30-16-14-29(15-17-30)23-7-3-4-8-23/h5-6,9-11,18-19,23H,3-4,7-8,12-17,20H2,1-2H3. The normalized spacial score (nSPS) is 22.5. The smallest absolute Gasteiger partial charge is 0.243 e. The summed E-state index contributed by atoms with van der Waals surface area (Å²) < 4.78 is 28.7. The van der Waals surface area contributed by atoms with Gasteiger partial charge in [0, 0.05) is 56.0 Å². The van der Waals surface area contributed by atoms with E-state index < -0.39 is 10.0 Å². The molecular formula is C27H36ClN3O2S. The van der Waals surface area contributed by atoms with Crippen molar-refractivity contribution in [3.63, 3.8) is 0 Å². The maximum Gasteiger partial charge on any atom is 0.243 e. The molecule has 2 aromatic rings. The van der Waals surface area contributed by atoms with Crippen LogP contribution < -0.4 is 4.90 Å². The predicted molar refractivity (Wildman–Crippen MR) is 139 cm³/mol. The number of benzene rings is 2. The van der Waals surface area contributed by atoms with E-state index in [4.69, 9.17) is 11.6 Å². The van der Waals surface area contributed by atoms with Gasteiger partial charge in [-0.3, -0.25) is 4.90 Å². The second-order valence-corrected chi connectivity index (χ2v) is 13.1. The zero-order valence-electron chi connectivity index (χ0n) is 20.3. The molecule has 3 aliphatic rings. The van der Waals surface area contributed by atoms with Gasteiger partial charge < -0.3 is 4.90 Å². The van der Waals surface area contributed by atoms with Gasteiger partial charge in [-0.1, -0.05) is 50.4 Å². The number of hydrogen-bond donors (Lipinski definition) is 0. The van der Waals surface area contributed by atoms with Gasteiger partial charge >= 0.3 is 0 Å². The number of halogens is 1. The van der Waals surface area contributed by atoms with Gasteiger partial charge in [0.2, 0.25) is 10.0 Å². The Morgan fingerprint density at radius 1 is 0.941 bits per heavy atom. The first-order chi connectivity index (χ1) is 16.2. The first-order valence-electron chi connectivity index (χ1n) is 12.6. The molecule has 0 spiro atoms. The topological polar surface area (TPSA) is 43.9 Å². The number of hydrogen-bond acceptors (Lipinski definition) is 4. The largest absolute Gasteiger partial charge is 0.369 e. The summed E-state index contributed by atoms with van der Waals surface area (Å²) in [6.45, 7) is 9.62. The molecule has 0 atom stereocenters. The number of sulfonamides is 1. The molecule has 0 amide bonds. The molecule has 0 bridgehead atoms. The van der Waals surface area contributed by atoms with E-state index in [0.29, 0.717) is 18.1 Å². The van der Waals surface area contributed by atoms with Gasteiger partial charge in [0.1, 0.15) is 0 Å². The van der Waals surface area contributed by atoms with Crippen molar-refractivity contribution >= 4 is 27.3 Å². The van der Waals surface area contributed by atoms with Gasteiger partial charge in [-0.05, 0) is 66.1 Å². The molecule has 2 fully saturated rings. The van der Waals surface area contributed by atoms with E-state index in [0.717, 1.165) is 44.2 Å². The molecule has 0 unspecified atom stereocenters. The molecule has 5 rings (SSSR count). The lowest BCUT2D eigenvalue weighted by Gasteiger charge is -2.39. The Morgan fingerprint density at radius 3 is 2.38 bits per heavy atom. The van der Waals surface area contributed by atoms with Gasteiger partial charge in [-0.15, -0.1) is 0 Å². The summed E-state index contributed by atoms with van der Waals surface area (Å²) in [6.07, 6.45) is 6.23. The van der Waals surface area contributed by atoms with E-state index in [1.165, 1.54) is 36.9 Å². The van der Waals surface area contributed by atoms with Crippen molar-refractivity contribution in [1.82, 2.24) is 9.21 Å². The highest BCUT2D eigenvalue weighted by Crippen LogP contribution is 2.38. The fraction of sp³-hybridized carbons (Fsp3) is 0.556. The Balaban J connectivity index is 1.39. The molecule has 7 heteroatoms. The summed E-state index contributed by atoms with van der Waals surface area (Å²) in [5.74, 6) is 0. The third kappa shape index (κ3) is 4.75. The van der Waals surface area contributed by atoms with Crippen molar-refractivity contribution in [3.8, 4) is 0 Å². The lowest BCUT2D eigenvalue weighted by molar-refractivity contribution is 0.187. The van der Waals surface area contributed by atoms with Crippen molar-refractivity contribution in [2.24, 2.45) is 0 Å². The minimum absolute atomic E-state index is 0.0896. The van der Waals surface area contributed by atoms with Crippen LogP contribution in [-0.2, 0) is 22.0 Å². The molecule has 1 saturated heterocycles. The van der Waals surface area contributed by atoms with E-state index in [2.05, 4.69) is 41.8 Å². The lowest BCUT2D eigenvalue weighted by Crippen LogP contribution is -2.49. The van der Waals surface area contributed by atoms with Crippen molar-refractivity contribution in [1.29, 1.82) is 0 Å². The molecule has 2 aromatic carbocycles. The average molecular weight is 502 g/mol. The summed E-state index contributed by atoms with van der Waals surface area (Å²) in [7, 11) is -3.63. The average Bonchev–Trinajstić information content (AvgIpc) is 3.32. The first kappa shape index (κ1) is 24.1. The monoisotopic (exact) mass is 501 g/mol. The third-order valence-electron chi connectivity index (χ3n) is 8.11. The second-order valence-electron chi connectivity index (χ2n) is 10.7. The van der Waals surface area contributed by atoms with Crippen molar-refractivity contribution in [3.05, 3.63) is 58.6 Å². The maximum atomic E-state index is 13.5. The Bertz CT molecular complexity index is 1140. The molecule has 34 heavy (non-hydrogen) atoms. The Kier molecular flexibility index (Phi) is 6.70. The van der Waals surface area contributed by atoms with Crippen LogP contribution in [0, 0.1) is 0 Å². The van der Waals surface area contributed by atoms with Gasteiger partial charge in [0.05, 0.1) is 4.90 Å². The van der Waals surface area contributed by atoms with Crippen molar-refractivity contribution in [2.75, 3.05) is 37.6 Å². The van der Waals surface area contributed by atoms with Gasteiger partial charge in [-0.2, -0.15) is 4.31 Å². The van der Waals surface area contributed by atoms with E-state index >= 15 is 0 Å². The summed E-state index contributed by atoms with van der Waals surface area (Å²) in [6, 6.07) is 14.1. The molecular weight excluding hydrogens is 466 g/mol. The number of piperazine rings is 1. The van der Waals surface area contributed by atoms with E-state index in [9.17, 15) is 8.42 Å². The molecule has 2 aliphatic heterocycles. The SMILES string of the molecule is CC1(C)CCN(S(=O)(=O)c2cccc(Cl)c2)Cc2cc(N3CCN(C4CCCC4)CC3)ccc21. The molecule has 184 valence electrons. The van der Waals surface area contributed by atoms with Crippen molar-refractivity contribution < 1.29 is 8.42 Å². The zero-order chi connectivity index (χ0) is 23.9. The van der Waals surface area contributed by atoms with Crippen LogP contribution in [0.5, 0.6) is 0 Å². The highest BCUT2D eigenvalue weighted by molar-refractivity contribution is 7.89. The van der Waals surface area contributed by atoms with Crippen molar-refractivity contribution in [2.45, 2.75) is 68.8 Å².